The van der Waals surface area contributed by atoms with Gasteiger partial charge in [-0.15, -0.1) is 11.8 Å². The number of hydrogen-bond acceptors (Lipinski definition) is 3. The molecule has 0 aromatic heterocycles. The highest BCUT2D eigenvalue weighted by atomic mass is 32.2. The van der Waals surface area contributed by atoms with Gasteiger partial charge in [0.15, 0.2) is 0 Å². The molecule has 1 unspecified atom stereocenters. The summed E-state index contributed by atoms with van der Waals surface area (Å²) in [5, 5.41) is 6.43. The van der Waals surface area contributed by atoms with Crippen LogP contribution in [0.25, 0.3) is 10.8 Å². The highest BCUT2D eigenvalue weighted by Gasteiger charge is 2.19. The predicted molar refractivity (Wildman–Crippen MR) is 73.7 cm³/mol. The van der Waals surface area contributed by atoms with Gasteiger partial charge in [-0.05, 0) is 17.0 Å². The average molecular weight is 245 g/mol. The lowest BCUT2D eigenvalue weighted by Crippen LogP contribution is -2.12. The fourth-order valence-electron chi connectivity index (χ4n) is 2.33. The van der Waals surface area contributed by atoms with Crippen LogP contribution in [0.3, 0.4) is 0 Å². The summed E-state index contributed by atoms with van der Waals surface area (Å²) in [5.41, 5.74) is 1.36. The normalized spacial score (nSPS) is 19.7. The van der Waals surface area contributed by atoms with Crippen LogP contribution in [0.1, 0.15) is 10.9 Å². The summed E-state index contributed by atoms with van der Waals surface area (Å²) in [5.74, 6) is 2.14. The first-order chi connectivity index (χ1) is 8.40. The quantitative estimate of drug-likeness (QED) is 0.878. The van der Waals surface area contributed by atoms with Crippen molar-refractivity contribution in [1.82, 2.24) is 5.32 Å². The number of nitrogens with one attached hydrogen (secondary N) is 1. The van der Waals surface area contributed by atoms with Crippen molar-refractivity contribution < 1.29 is 4.74 Å². The van der Waals surface area contributed by atoms with Gasteiger partial charge in [0, 0.05) is 17.7 Å². The van der Waals surface area contributed by atoms with Crippen LogP contribution in [-0.4, -0.2) is 19.4 Å². The largest absolute Gasteiger partial charge is 0.496 e. The number of fused-ring (bicyclic) bond motifs is 1. The molecule has 1 heterocycles. The number of benzene rings is 2. The van der Waals surface area contributed by atoms with Gasteiger partial charge in [0.05, 0.1) is 12.5 Å². The Kier molecular flexibility index (Phi) is 2.95. The molecule has 0 spiro atoms. The molecule has 3 rings (SSSR count). The first-order valence-corrected chi connectivity index (χ1v) is 6.85. The third-order valence-corrected chi connectivity index (χ3v) is 4.33. The minimum absolute atomic E-state index is 0.422. The number of thioether (sulfide) groups is 1. The number of hydrogen-bond donors (Lipinski definition) is 1. The standard InChI is InChI=1S/C14H15NOS/c1-16-13-7-6-12(14-15-8-9-17-14)10-4-2-3-5-11(10)13/h2-7,14-15H,8-9H2,1H3. The average Bonchev–Trinajstić information content (AvgIpc) is 2.91. The van der Waals surface area contributed by atoms with E-state index in [2.05, 4.69) is 41.7 Å². The van der Waals surface area contributed by atoms with Crippen LogP contribution >= 0.6 is 11.8 Å². The van der Waals surface area contributed by atoms with E-state index in [1.807, 2.05) is 11.8 Å². The van der Waals surface area contributed by atoms with Crippen molar-refractivity contribution in [2.75, 3.05) is 19.4 Å². The number of ether oxygens (including phenoxy) is 1. The Morgan fingerprint density at radius 1 is 1.18 bits per heavy atom. The maximum absolute atomic E-state index is 5.42. The Hall–Kier alpha value is -1.19. The van der Waals surface area contributed by atoms with Gasteiger partial charge in [-0.2, -0.15) is 0 Å². The fourth-order valence-corrected chi connectivity index (χ4v) is 3.42. The van der Waals surface area contributed by atoms with Crippen molar-refractivity contribution in [2.45, 2.75) is 5.37 Å². The van der Waals surface area contributed by atoms with E-state index in [-0.39, 0.29) is 0 Å². The van der Waals surface area contributed by atoms with Crippen LogP contribution < -0.4 is 10.1 Å². The summed E-state index contributed by atoms with van der Waals surface area (Å²) < 4.78 is 5.42. The lowest BCUT2D eigenvalue weighted by Gasteiger charge is -2.15. The molecule has 1 saturated heterocycles. The summed E-state index contributed by atoms with van der Waals surface area (Å²) in [6.07, 6.45) is 0. The van der Waals surface area contributed by atoms with Crippen LogP contribution in [0, 0.1) is 0 Å². The molecular formula is C14H15NOS. The second-order valence-corrected chi connectivity index (χ2v) is 5.32. The Bertz CT molecular complexity index is 535. The SMILES string of the molecule is COc1ccc(C2NCCS2)c2ccccc12. The van der Waals surface area contributed by atoms with Crippen molar-refractivity contribution in [2.24, 2.45) is 0 Å². The first-order valence-electron chi connectivity index (χ1n) is 5.81. The molecule has 1 fully saturated rings. The molecule has 0 radical (unpaired) electrons. The van der Waals surface area contributed by atoms with Gasteiger partial charge >= 0.3 is 0 Å². The lowest BCUT2D eigenvalue weighted by atomic mass is 10.0. The lowest BCUT2D eigenvalue weighted by molar-refractivity contribution is 0.419. The van der Waals surface area contributed by atoms with Gasteiger partial charge in [0.2, 0.25) is 0 Å². The zero-order valence-electron chi connectivity index (χ0n) is 9.77. The van der Waals surface area contributed by atoms with Gasteiger partial charge in [-0.3, -0.25) is 0 Å². The topological polar surface area (TPSA) is 21.3 Å². The minimum atomic E-state index is 0.422. The predicted octanol–water partition coefficient (Wildman–Crippen LogP) is 3.18. The van der Waals surface area contributed by atoms with Crippen LogP contribution in [0.15, 0.2) is 36.4 Å². The van der Waals surface area contributed by atoms with Crippen LogP contribution in [-0.2, 0) is 0 Å². The van der Waals surface area contributed by atoms with E-state index in [0.717, 1.165) is 12.3 Å². The maximum atomic E-state index is 5.42. The molecule has 3 heteroatoms. The van der Waals surface area contributed by atoms with Crippen LogP contribution in [0.4, 0.5) is 0 Å². The number of methoxy groups -OCH3 is 1. The molecule has 17 heavy (non-hydrogen) atoms. The van der Waals surface area contributed by atoms with Crippen LogP contribution in [0.2, 0.25) is 0 Å². The van der Waals surface area contributed by atoms with E-state index in [4.69, 9.17) is 4.74 Å². The van der Waals surface area contributed by atoms with Gasteiger partial charge in [0.25, 0.3) is 0 Å². The first kappa shape index (κ1) is 10.9. The molecule has 1 aliphatic heterocycles. The number of rotatable bonds is 2. The van der Waals surface area contributed by atoms with E-state index < -0.39 is 0 Å². The minimum Gasteiger partial charge on any atom is -0.496 e. The summed E-state index contributed by atoms with van der Waals surface area (Å²) in [4.78, 5) is 0. The zero-order valence-corrected chi connectivity index (χ0v) is 10.6. The zero-order chi connectivity index (χ0) is 11.7. The smallest absolute Gasteiger partial charge is 0.126 e. The van der Waals surface area contributed by atoms with Crippen molar-refractivity contribution in [3.8, 4) is 5.75 Å². The highest BCUT2D eigenvalue weighted by Crippen LogP contribution is 2.37. The van der Waals surface area contributed by atoms with Gasteiger partial charge in [-0.1, -0.05) is 30.3 Å². The second-order valence-electron chi connectivity index (χ2n) is 4.11. The summed E-state index contributed by atoms with van der Waals surface area (Å²) in [7, 11) is 1.73. The summed E-state index contributed by atoms with van der Waals surface area (Å²) >= 11 is 1.97. The maximum Gasteiger partial charge on any atom is 0.126 e. The van der Waals surface area contributed by atoms with Crippen molar-refractivity contribution in [3.63, 3.8) is 0 Å². The van der Waals surface area contributed by atoms with E-state index in [9.17, 15) is 0 Å². The van der Waals surface area contributed by atoms with E-state index in [1.165, 1.54) is 22.1 Å². The fraction of sp³-hybridized carbons (Fsp3) is 0.286. The molecule has 2 aromatic rings. The molecule has 1 aliphatic rings. The van der Waals surface area contributed by atoms with E-state index in [0.29, 0.717) is 5.37 Å². The third-order valence-electron chi connectivity index (χ3n) is 3.14. The molecule has 1 atom stereocenters. The Labute approximate surface area is 105 Å². The Balaban J connectivity index is 2.19. The summed E-state index contributed by atoms with van der Waals surface area (Å²) in [6.45, 7) is 1.09. The molecule has 2 nitrogen and oxygen atoms in total. The molecule has 0 amide bonds. The molecule has 1 N–H and O–H groups in total. The molecule has 88 valence electrons. The van der Waals surface area contributed by atoms with E-state index >= 15 is 0 Å². The van der Waals surface area contributed by atoms with Crippen molar-refractivity contribution in [1.29, 1.82) is 0 Å². The molecule has 0 aliphatic carbocycles. The van der Waals surface area contributed by atoms with Crippen LogP contribution in [0.5, 0.6) is 5.75 Å². The van der Waals surface area contributed by atoms with Gasteiger partial charge in [-0.25, -0.2) is 0 Å². The van der Waals surface area contributed by atoms with Gasteiger partial charge < -0.3 is 10.1 Å². The molecule has 2 aromatic carbocycles. The van der Waals surface area contributed by atoms with E-state index in [1.54, 1.807) is 7.11 Å². The summed E-state index contributed by atoms with van der Waals surface area (Å²) in [6, 6.07) is 12.7. The Morgan fingerprint density at radius 2 is 2.00 bits per heavy atom. The highest BCUT2D eigenvalue weighted by molar-refractivity contribution is 7.99. The van der Waals surface area contributed by atoms with Crippen molar-refractivity contribution >= 4 is 22.5 Å². The van der Waals surface area contributed by atoms with Crippen molar-refractivity contribution in [3.05, 3.63) is 42.0 Å². The molecule has 0 saturated carbocycles. The third kappa shape index (κ3) is 1.90. The monoisotopic (exact) mass is 245 g/mol. The second kappa shape index (κ2) is 4.59. The van der Waals surface area contributed by atoms with Gasteiger partial charge in [0.1, 0.15) is 5.75 Å². The molecule has 0 bridgehead atoms. The Morgan fingerprint density at radius 3 is 2.71 bits per heavy atom. The molecular weight excluding hydrogens is 230 g/mol.